The molecule has 1 aromatic rings. The van der Waals surface area contributed by atoms with Crippen molar-refractivity contribution in [2.24, 2.45) is 0 Å². The van der Waals surface area contributed by atoms with E-state index in [-0.39, 0.29) is 41.7 Å². The number of hydrogen-bond donors (Lipinski definition) is 3. The molecular formula is C8H14N4O5S2. The lowest BCUT2D eigenvalue weighted by atomic mass is 10.6. The van der Waals surface area contributed by atoms with Gasteiger partial charge in [0.15, 0.2) is 0 Å². The Balaban J connectivity index is 2.97. The molecule has 0 saturated carbocycles. The van der Waals surface area contributed by atoms with Gasteiger partial charge in [0.05, 0.1) is 13.2 Å². The summed E-state index contributed by atoms with van der Waals surface area (Å²) in [5.74, 6) is -0.386. The maximum absolute atomic E-state index is 12.1. The van der Waals surface area contributed by atoms with E-state index in [0.29, 0.717) is 11.3 Å². The molecule has 1 aromatic heterocycles. The lowest BCUT2D eigenvalue weighted by Crippen LogP contribution is -2.35. The van der Waals surface area contributed by atoms with Crippen molar-refractivity contribution < 1.29 is 23.4 Å². The van der Waals surface area contributed by atoms with Crippen molar-refractivity contribution in [1.82, 2.24) is 14.5 Å². The van der Waals surface area contributed by atoms with Crippen LogP contribution in [-0.4, -0.2) is 65.3 Å². The van der Waals surface area contributed by atoms with E-state index in [1.165, 1.54) is 6.92 Å². The van der Waals surface area contributed by atoms with Crippen molar-refractivity contribution in [3.8, 4) is 0 Å². The van der Waals surface area contributed by atoms with Gasteiger partial charge in [0.1, 0.15) is 0 Å². The molecule has 1 amide bonds. The summed E-state index contributed by atoms with van der Waals surface area (Å²) in [5.41, 5.74) is 0. The second-order valence-corrected chi connectivity index (χ2v) is 6.49. The van der Waals surface area contributed by atoms with Gasteiger partial charge >= 0.3 is 0 Å². The average Bonchev–Trinajstić information content (AvgIpc) is 2.77. The molecule has 0 aliphatic rings. The first-order valence-electron chi connectivity index (χ1n) is 5.24. The first-order chi connectivity index (χ1) is 8.91. The van der Waals surface area contributed by atoms with E-state index in [4.69, 9.17) is 10.2 Å². The van der Waals surface area contributed by atoms with Crippen LogP contribution < -0.4 is 5.32 Å². The number of nitrogens with one attached hydrogen (secondary N) is 1. The molecule has 0 atom stereocenters. The van der Waals surface area contributed by atoms with Crippen LogP contribution in [-0.2, 0) is 14.8 Å². The maximum atomic E-state index is 12.1. The van der Waals surface area contributed by atoms with Crippen LogP contribution in [0.1, 0.15) is 6.92 Å². The molecular weight excluding hydrogens is 296 g/mol. The quantitative estimate of drug-likeness (QED) is 0.520. The summed E-state index contributed by atoms with van der Waals surface area (Å²) >= 11 is 0.701. The van der Waals surface area contributed by atoms with Crippen LogP contribution in [0, 0.1) is 0 Å². The number of aliphatic hydroxyl groups excluding tert-OH is 2. The molecule has 0 saturated heterocycles. The van der Waals surface area contributed by atoms with Gasteiger partial charge in [-0.2, -0.15) is 4.31 Å². The third-order valence-corrected chi connectivity index (χ3v) is 5.03. The number of rotatable bonds is 7. The smallest absolute Gasteiger partial charge is 0.272 e. The minimum Gasteiger partial charge on any atom is -0.395 e. The first-order valence-corrected chi connectivity index (χ1v) is 7.50. The van der Waals surface area contributed by atoms with E-state index >= 15 is 0 Å². The Bertz CT molecular complexity index is 523. The van der Waals surface area contributed by atoms with Crippen molar-refractivity contribution in [3.05, 3.63) is 0 Å². The van der Waals surface area contributed by atoms with Crippen LogP contribution in [0.2, 0.25) is 0 Å². The molecule has 19 heavy (non-hydrogen) atoms. The van der Waals surface area contributed by atoms with Crippen LogP contribution in [0.5, 0.6) is 0 Å². The van der Waals surface area contributed by atoms with Crippen molar-refractivity contribution in [2.45, 2.75) is 11.3 Å². The summed E-state index contributed by atoms with van der Waals surface area (Å²) in [4.78, 5) is 10.8. The number of carbonyl (C=O) groups excluding carboxylic acids is 1. The van der Waals surface area contributed by atoms with Gasteiger partial charge in [-0.15, -0.1) is 10.2 Å². The highest BCUT2D eigenvalue weighted by molar-refractivity contribution is 7.91. The minimum atomic E-state index is -3.93. The summed E-state index contributed by atoms with van der Waals surface area (Å²) in [6.07, 6.45) is 0. The number of aliphatic hydroxyl groups is 2. The lowest BCUT2D eigenvalue weighted by Gasteiger charge is -2.17. The molecule has 0 aromatic carbocycles. The van der Waals surface area contributed by atoms with E-state index in [9.17, 15) is 13.2 Å². The number of carbonyl (C=O) groups is 1. The van der Waals surface area contributed by atoms with Gasteiger partial charge in [-0.3, -0.25) is 4.79 Å². The predicted molar refractivity (Wildman–Crippen MR) is 67.1 cm³/mol. The Morgan fingerprint density at radius 1 is 1.32 bits per heavy atom. The highest BCUT2D eigenvalue weighted by Crippen LogP contribution is 2.22. The zero-order valence-electron chi connectivity index (χ0n) is 10.1. The summed E-state index contributed by atoms with van der Waals surface area (Å²) in [7, 11) is -3.93. The van der Waals surface area contributed by atoms with Crippen LogP contribution >= 0.6 is 11.3 Å². The van der Waals surface area contributed by atoms with Crippen molar-refractivity contribution >= 4 is 32.4 Å². The fourth-order valence-electron chi connectivity index (χ4n) is 1.20. The van der Waals surface area contributed by atoms with E-state index in [0.717, 1.165) is 4.31 Å². The van der Waals surface area contributed by atoms with Gasteiger partial charge in [-0.05, 0) is 0 Å². The van der Waals surface area contributed by atoms with Gasteiger partial charge in [0.2, 0.25) is 15.4 Å². The highest BCUT2D eigenvalue weighted by atomic mass is 32.2. The molecule has 0 aliphatic heterocycles. The Labute approximate surface area is 113 Å². The number of hydrogen-bond acceptors (Lipinski definition) is 8. The van der Waals surface area contributed by atoms with Crippen molar-refractivity contribution in [1.29, 1.82) is 0 Å². The average molecular weight is 310 g/mol. The molecule has 1 rings (SSSR count). The third-order valence-electron chi connectivity index (χ3n) is 1.95. The molecule has 108 valence electrons. The van der Waals surface area contributed by atoms with Gasteiger partial charge in [0, 0.05) is 20.0 Å². The van der Waals surface area contributed by atoms with Crippen LogP contribution in [0.25, 0.3) is 0 Å². The van der Waals surface area contributed by atoms with Gasteiger partial charge < -0.3 is 15.5 Å². The van der Waals surface area contributed by atoms with Crippen LogP contribution in [0.15, 0.2) is 4.34 Å². The van der Waals surface area contributed by atoms with Gasteiger partial charge in [-0.25, -0.2) is 8.42 Å². The second kappa shape index (κ2) is 6.86. The standard InChI is InChI=1S/C8H14N4O5S2/c1-6(15)9-7-10-11-8(18-7)19(16,17)12(2-4-13)3-5-14/h13-14H,2-5H2,1H3,(H,9,10,15). The molecule has 0 unspecified atom stereocenters. The minimum absolute atomic E-state index is 0.0685. The zero-order chi connectivity index (χ0) is 14.5. The predicted octanol–water partition coefficient (Wildman–Crippen LogP) is -1.53. The summed E-state index contributed by atoms with van der Waals surface area (Å²) in [5, 5.41) is 27.1. The molecule has 0 spiro atoms. The SMILES string of the molecule is CC(=O)Nc1nnc(S(=O)(=O)N(CCO)CCO)s1. The Morgan fingerprint density at radius 2 is 1.89 bits per heavy atom. The summed E-state index contributed by atoms with van der Waals surface area (Å²) in [6.45, 7) is 0.197. The van der Waals surface area contributed by atoms with E-state index in [2.05, 4.69) is 15.5 Å². The second-order valence-electron chi connectivity index (χ2n) is 3.41. The van der Waals surface area contributed by atoms with Crippen LogP contribution in [0.3, 0.4) is 0 Å². The van der Waals surface area contributed by atoms with E-state index < -0.39 is 10.0 Å². The van der Waals surface area contributed by atoms with Crippen LogP contribution in [0.4, 0.5) is 5.13 Å². The van der Waals surface area contributed by atoms with Crippen molar-refractivity contribution in [3.63, 3.8) is 0 Å². The topological polar surface area (TPSA) is 133 Å². The normalized spacial score (nSPS) is 11.8. The first kappa shape index (κ1) is 15.9. The summed E-state index contributed by atoms with van der Waals surface area (Å²) < 4.78 is 24.8. The molecule has 9 nitrogen and oxygen atoms in total. The Morgan fingerprint density at radius 3 is 2.37 bits per heavy atom. The number of anilines is 1. The van der Waals surface area contributed by atoms with Gasteiger partial charge in [-0.1, -0.05) is 11.3 Å². The van der Waals surface area contributed by atoms with E-state index in [1.807, 2.05) is 0 Å². The van der Waals surface area contributed by atoms with Crippen molar-refractivity contribution in [2.75, 3.05) is 31.6 Å². The Kier molecular flexibility index (Phi) is 5.75. The molecule has 1 heterocycles. The van der Waals surface area contributed by atoms with Gasteiger partial charge in [0.25, 0.3) is 10.0 Å². The monoisotopic (exact) mass is 310 g/mol. The molecule has 0 bridgehead atoms. The number of amides is 1. The fraction of sp³-hybridized carbons (Fsp3) is 0.625. The Hall–Kier alpha value is -1.14. The molecule has 0 aliphatic carbocycles. The molecule has 3 N–H and O–H groups in total. The fourth-order valence-corrected chi connectivity index (χ4v) is 3.71. The summed E-state index contributed by atoms with van der Waals surface area (Å²) in [6, 6.07) is 0. The molecule has 0 radical (unpaired) electrons. The maximum Gasteiger partial charge on any atom is 0.272 e. The lowest BCUT2D eigenvalue weighted by molar-refractivity contribution is -0.114. The molecule has 11 heteroatoms. The zero-order valence-corrected chi connectivity index (χ0v) is 11.7. The largest absolute Gasteiger partial charge is 0.395 e. The number of nitrogens with zero attached hydrogens (tertiary/aromatic N) is 3. The molecule has 0 fully saturated rings. The number of aromatic nitrogens is 2. The third kappa shape index (κ3) is 4.18. The highest BCUT2D eigenvalue weighted by Gasteiger charge is 2.28. The number of sulfonamides is 1. The van der Waals surface area contributed by atoms with E-state index in [1.54, 1.807) is 0 Å².